The van der Waals surface area contributed by atoms with Crippen molar-refractivity contribution in [2.45, 2.75) is 6.42 Å². The Bertz CT molecular complexity index is 121. The zero-order valence-corrected chi connectivity index (χ0v) is 5.33. The van der Waals surface area contributed by atoms with E-state index in [2.05, 4.69) is 0 Å². The van der Waals surface area contributed by atoms with Gasteiger partial charge in [-0.3, -0.25) is 4.79 Å². The Labute approximate surface area is 53.6 Å². The van der Waals surface area contributed by atoms with Gasteiger partial charge in [-0.15, -0.1) is 0 Å². The van der Waals surface area contributed by atoms with Crippen LogP contribution in [-0.2, 0) is 9.53 Å². The Morgan fingerprint density at radius 1 is 1.89 bits per heavy atom. The number of carboxylic acids is 1. The van der Waals surface area contributed by atoms with E-state index < -0.39 is 5.97 Å². The quantitative estimate of drug-likeness (QED) is 0.599. The van der Waals surface area contributed by atoms with Crippen molar-refractivity contribution in [3.8, 4) is 0 Å². The van der Waals surface area contributed by atoms with Gasteiger partial charge in [0.1, 0.15) is 0 Å². The van der Waals surface area contributed by atoms with Gasteiger partial charge in [-0.05, 0) is 12.3 Å². The first-order valence-electron chi connectivity index (χ1n) is 2.97. The molecule has 0 aromatic carbocycles. The Morgan fingerprint density at radius 2 is 2.56 bits per heavy atom. The average molecular weight is 130 g/mol. The number of ether oxygens (including phenoxy) is 1. The van der Waals surface area contributed by atoms with Crippen LogP contribution in [-0.4, -0.2) is 24.8 Å². The molecule has 1 aliphatic rings. The van der Waals surface area contributed by atoms with E-state index in [1.165, 1.54) is 0 Å². The molecule has 0 aromatic heterocycles. The summed E-state index contributed by atoms with van der Waals surface area (Å²) >= 11 is 0. The molecule has 2 atom stereocenters. The Morgan fingerprint density at radius 3 is 2.89 bits per heavy atom. The summed E-state index contributed by atoms with van der Waals surface area (Å²) in [6.45, 7) is 0.594. The van der Waals surface area contributed by atoms with Gasteiger partial charge in [0, 0.05) is 13.7 Å². The standard InChI is InChI=1S/C6H10O3/c1-9-3-4-2-5(4)6(7)8/h4-5H,2-3H2,1H3,(H,7,8)/t4?,5-/m0/s1. The third-order valence-electron chi connectivity index (χ3n) is 1.62. The molecule has 3 heteroatoms. The molecule has 0 bridgehead atoms. The third-order valence-corrected chi connectivity index (χ3v) is 1.62. The third kappa shape index (κ3) is 1.42. The summed E-state index contributed by atoms with van der Waals surface area (Å²) in [6.07, 6.45) is 0.795. The van der Waals surface area contributed by atoms with Gasteiger partial charge in [0.2, 0.25) is 0 Å². The molecule has 0 saturated heterocycles. The zero-order valence-electron chi connectivity index (χ0n) is 5.33. The number of methoxy groups -OCH3 is 1. The molecule has 1 aliphatic carbocycles. The molecule has 0 amide bonds. The molecule has 0 aromatic rings. The van der Waals surface area contributed by atoms with Crippen LogP contribution in [0.25, 0.3) is 0 Å². The van der Waals surface area contributed by atoms with E-state index >= 15 is 0 Å². The van der Waals surface area contributed by atoms with E-state index in [0.29, 0.717) is 6.61 Å². The second-order valence-corrected chi connectivity index (χ2v) is 2.40. The largest absolute Gasteiger partial charge is 0.481 e. The van der Waals surface area contributed by atoms with Crippen LogP contribution in [0.3, 0.4) is 0 Å². The molecule has 9 heavy (non-hydrogen) atoms. The van der Waals surface area contributed by atoms with Gasteiger partial charge >= 0.3 is 5.97 Å². The zero-order chi connectivity index (χ0) is 6.85. The Kier molecular flexibility index (Phi) is 1.71. The molecule has 3 nitrogen and oxygen atoms in total. The molecule has 1 saturated carbocycles. The second-order valence-electron chi connectivity index (χ2n) is 2.40. The highest BCUT2D eigenvalue weighted by Crippen LogP contribution is 2.38. The van der Waals surface area contributed by atoms with Crippen molar-refractivity contribution in [2.75, 3.05) is 13.7 Å². The molecule has 1 unspecified atom stereocenters. The van der Waals surface area contributed by atoms with Crippen LogP contribution < -0.4 is 0 Å². The second kappa shape index (κ2) is 2.35. The number of carbonyl (C=O) groups is 1. The molecule has 0 spiro atoms. The van der Waals surface area contributed by atoms with Crippen molar-refractivity contribution < 1.29 is 14.6 Å². The van der Waals surface area contributed by atoms with Crippen molar-refractivity contribution in [3.63, 3.8) is 0 Å². The summed E-state index contributed by atoms with van der Waals surface area (Å²) in [6, 6.07) is 0. The van der Waals surface area contributed by atoms with Crippen LogP contribution in [0.15, 0.2) is 0 Å². The number of hydrogen-bond donors (Lipinski definition) is 1. The summed E-state index contributed by atoms with van der Waals surface area (Å²) in [5.41, 5.74) is 0. The minimum Gasteiger partial charge on any atom is -0.481 e. The molecule has 1 rings (SSSR count). The monoisotopic (exact) mass is 130 g/mol. The lowest BCUT2D eigenvalue weighted by Crippen LogP contribution is -2.02. The van der Waals surface area contributed by atoms with Gasteiger partial charge in [-0.2, -0.15) is 0 Å². The van der Waals surface area contributed by atoms with E-state index in [-0.39, 0.29) is 11.8 Å². The highest BCUT2D eigenvalue weighted by atomic mass is 16.5. The summed E-state index contributed by atoms with van der Waals surface area (Å²) in [5.74, 6) is -0.519. The summed E-state index contributed by atoms with van der Waals surface area (Å²) in [4.78, 5) is 10.2. The summed E-state index contributed by atoms with van der Waals surface area (Å²) in [5, 5.41) is 8.39. The Hall–Kier alpha value is -0.570. The molecule has 1 fully saturated rings. The van der Waals surface area contributed by atoms with E-state index in [9.17, 15) is 4.79 Å². The van der Waals surface area contributed by atoms with Crippen molar-refractivity contribution in [1.82, 2.24) is 0 Å². The fourth-order valence-electron chi connectivity index (χ4n) is 0.948. The molecule has 52 valence electrons. The minimum absolute atomic E-state index is 0.120. The number of carboxylic acid groups (broad SMARTS) is 1. The Balaban J connectivity index is 2.17. The first kappa shape index (κ1) is 6.55. The van der Waals surface area contributed by atoms with E-state index in [4.69, 9.17) is 9.84 Å². The van der Waals surface area contributed by atoms with Crippen molar-refractivity contribution in [3.05, 3.63) is 0 Å². The van der Waals surface area contributed by atoms with Gasteiger partial charge in [-0.1, -0.05) is 0 Å². The maximum absolute atomic E-state index is 10.2. The van der Waals surface area contributed by atoms with E-state index in [1.807, 2.05) is 0 Å². The van der Waals surface area contributed by atoms with Crippen LogP contribution in [0, 0.1) is 11.8 Å². The lowest BCUT2D eigenvalue weighted by Gasteiger charge is -1.91. The van der Waals surface area contributed by atoms with Gasteiger partial charge in [0.05, 0.1) is 5.92 Å². The highest BCUT2D eigenvalue weighted by molar-refractivity contribution is 5.73. The number of rotatable bonds is 3. The summed E-state index contributed by atoms with van der Waals surface area (Å²) in [7, 11) is 1.59. The van der Waals surface area contributed by atoms with Gasteiger partial charge in [0.25, 0.3) is 0 Å². The SMILES string of the molecule is COCC1C[C@@H]1C(=O)O. The number of hydrogen-bond acceptors (Lipinski definition) is 2. The molecule has 1 N–H and O–H groups in total. The lowest BCUT2D eigenvalue weighted by atomic mass is 10.3. The van der Waals surface area contributed by atoms with Gasteiger partial charge < -0.3 is 9.84 Å². The van der Waals surface area contributed by atoms with Crippen molar-refractivity contribution in [2.24, 2.45) is 11.8 Å². The molecule has 0 radical (unpaired) electrons. The van der Waals surface area contributed by atoms with Crippen LogP contribution in [0.2, 0.25) is 0 Å². The molecular weight excluding hydrogens is 120 g/mol. The van der Waals surface area contributed by atoms with Crippen molar-refractivity contribution >= 4 is 5.97 Å². The topological polar surface area (TPSA) is 46.5 Å². The smallest absolute Gasteiger partial charge is 0.306 e. The molecule has 0 aliphatic heterocycles. The van der Waals surface area contributed by atoms with Gasteiger partial charge in [0.15, 0.2) is 0 Å². The molecule has 0 heterocycles. The lowest BCUT2D eigenvalue weighted by molar-refractivity contribution is -0.139. The maximum Gasteiger partial charge on any atom is 0.306 e. The highest BCUT2D eigenvalue weighted by Gasteiger charge is 2.42. The average Bonchev–Trinajstić information content (AvgIpc) is 2.47. The predicted octanol–water partition coefficient (Wildman–Crippen LogP) is 0.354. The first-order chi connectivity index (χ1) is 4.25. The summed E-state index contributed by atoms with van der Waals surface area (Å²) < 4.78 is 4.78. The van der Waals surface area contributed by atoms with E-state index in [0.717, 1.165) is 6.42 Å². The van der Waals surface area contributed by atoms with Crippen LogP contribution >= 0.6 is 0 Å². The fourth-order valence-corrected chi connectivity index (χ4v) is 0.948. The van der Waals surface area contributed by atoms with Crippen LogP contribution in [0.5, 0.6) is 0 Å². The van der Waals surface area contributed by atoms with E-state index in [1.54, 1.807) is 7.11 Å². The maximum atomic E-state index is 10.2. The van der Waals surface area contributed by atoms with Crippen molar-refractivity contribution in [1.29, 1.82) is 0 Å². The minimum atomic E-state index is -0.683. The van der Waals surface area contributed by atoms with Crippen LogP contribution in [0.1, 0.15) is 6.42 Å². The van der Waals surface area contributed by atoms with Crippen LogP contribution in [0.4, 0.5) is 0 Å². The van der Waals surface area contributed by atoms with Gasteiger partial charge in [-0.25, -0.2) is 0 Å². The molecular formula is C6H10O3. The fraction of sp³-hybridized carbons (Fsp3) is 0.833. The normalized spacial score (nSPS) is 32.1. The first-order valence-corrected chi connectivity index (χ1v) is 2.97. The predicted molar refractivity (Wildman–Crippen MR) is 31.1 cm³/mol. The number of aliphatic carboxylic acids is 1.